The number of hydrogen-bond acceptors (Lipinski definition) is 10. The van der Waals surface area contributed by atoms with Crippen LogP contribution < -0.4 is 16.0 Å². The molecule has 250 valence electrons. The van der Waals surface area contributed by atoms with E-state index in [1.807, 2.05) is 47.5 Å². The Bertz CT molecular complexity index is 1930. The Hall–Kier alpha value is -4.35. The van der Waals surface area contributed by atoms with Gasteiger partial charge in [0.05, 0.1) is 11.7 Å². The maximum atomic E-state index is 5.07. The summed E-state index contributed by atoms with van der Waals surface area (Å²) < 4.78 is 1.93. The zero-order chi connectivity index (χ0) is 31.6. The molecule has 9 rings (SSSR count). The number of fused-ring (bicyclic) bond motifs is 6. The van der Waals surface area contributed by atoms with E-state index < -0.39 is 0 Å². The predicted molar refractivity (Wildman–Crippen MR) is 193 cm³/mol. The molecule has 5 aromatic rings. The summed E-state index contributed by atoms with van der Waals surface area (Å²) in [6.07, 6.45) is 15.3. The molecule has 6 atom stereocenters. The highest BCUT2D eigenvalue weighted by Gasteiger charge is 2.39. The van der Waals surface area contributed by atoms with Crippen LogP contribution in [0.2, 0.25) is 0 Å². The number of pyridine rings is 4. The lowest BCUT2D eigenvalue weighted by atomic mass is 9.98. The fraction of sp³-hybridized carbons (Fsp3) is 0.486. The van der Waals surface area contributed by atoms with Crippen LogP contribution in [0.4, 0.5) is 23.3 Å². The van der Waals surface area contributed by atoms with Gasteiger partial charge in [0.15, 0.2) is 5.82 Å². The first-order chi connectivity index (χ1) is 23.0. The van der Waals surface area contributed by atoms with Crippen LogP contribution in [0.15, 0.2) is 55.0 Å². The first-order valence-electron chi connectivity index (χ1n) is 17.3. The Morgan fingerprint density at radius 3 is 1.98 bits per heavy atom. The summed E-state index contributed by atoms with van der Waals surface area (Å²) in [5.41, 5.74) is 3.62. The van der Waals surface area contributed by atoms with Gasteiger partial charge >= 0.3 is 0 Å². The Balaban J connectivity index is 0.00000336. The van der Waals surface area contributed by atoms with Gasteiger partial charge in [0.2, 0.25) is 0 Å². The minimum absolute atomic E-state index is 0. The number of anilines is 4. The summed E-state index contributed by atoms with van der Waals surface area (Å²) >= 11 is 0. The maximum absolute atomic E-state index is 5.07. The maximum Gasteiger partial charge on any atom is 0.154 e. The topological polar surface area (TPSA) is 112 Å². The summed E-state index contributed by atoms with van der Waals surface area (Å²) in [7, 11) is 4.56. The van der Waals surface area contributed by atoms with Gasteiger partial charge in [-0.15, -0.1) is 5.10 Å². The van der Waals surface area contributed by atoms with Crippen molar-refractivity contribution in [2.24, 2.45) is 0 Å². The normalized spacial score (nSPS) is 26.9. The Morgan fingerprint density at radius 1 is 0.708 bits per heavy atom. The van der Waals surface area contributed by atoms with E-state index in [1.54, 1.807) is 0 Å². The lowest BCUT2D eigenvalue weighted by Gasteiger charge is -2.37. The largest absolute Gasteiger partial charge is 0.367 e. The van der Waals surface area contributed by atoms with E-state index in [9.17, 15) is 0 Å². The Labute approximate surface area is 282 Å². The molecule has 4 fully saturated rings. The van der Waals surface area contributed by atoms with Crippen molar-refractivity contribution in [1.82, 2.24) is 39.5 Å². The second-order valence-corrected chi connectivity index (χ2v) is 14.3. The second-order valence-electron chi connectivity index (χ2n) is 14.3. The van der Waals surface area contributed by atoms with Crippen LogP contribution in [0, 0.1) is 6.92 Å². The first kappa shape index (κ1) is 31.0. The highest BCUT2D eigenvalue weighted by atomic mass is 15.3. The van der Waals surface area contributed by atoms with Crippen molar-refractivity contribution in [3.05, 3.63) is 60.7 Å². The SMILES string of the molecule is C.Cc1cc(Nc2cc3ncccc3c(NC3C[C@H]4CC[C@@H](C3)N4C)n2)nn1-c1cnc(NC2C[C@H]3CC[C@@H](C2)N3C)c2cccnc12. The average molecular weight is 646 g/mol. The van der Waals surface area contributed by atoms with Gasteiger partial charge in [-0.05, 0) is 96.7 Å². The van der Waals surface area contributed by atoms with E-state index in [2.05, 4.69) is 63.9 Å². The van der Waals surface area contributed by atoms with E-state index >= 15 is 0 Å². The number of rotatable bonds is 7. The fourth-order valence-corrected chi connectivity index (χ4v) is 8.93. The number of nitrogens with one attached hydrogen (secondary N) is 3. The van der Waals surface area contributed by atoms with E-state index in [1.165, 1.54) is 25.7 Å². The average Bonchev–Trinajstić information content (AvgIpc) is 3.58. The molecule has 4 aliphatic heterocycles. The van der Waals surface area contributed by atoms with Crippen LogP contribution in [0.3, 0.4) is 0 Å². The lowest BCUT2D eigenvalue weighted by molar-refractivity contribution is 0.169. The quantitative estimate of drug-likeness (QED) is 0.181. The summed E-state index contributed by atoms with van der Waals surface area (Å²) in [6, 6.07) is 15.7. The molecule has 9 heterocycles. The lowest BCUT2D eigenvalue weighted by Crippen LogP contribution is -2.44. The number of aromatic nitrogens is 6. The number of nitrogens with zero attached hydrogens (tertiary/aromatic N) is 8. The second kappa shape index (κ2) is 12.3. The minimum Gasteiger partial charge on any atom is -0.367 e. The van der Waals surface area contributed by atoms with Crippen LogP contribution in [-0.2, 0) is 0 Å². The molecule has 48 heavy (non-hydrogen) atoms. The Morgan fingerprint density at radius 2 is 1.31 bits per heavy atom. The first-order valence-corrected chi connectivity index (χ1v) is 17.3. The third kappa shape index (κ3) is 5.42. The molecule has 11 nitrogen and oxygen atoms in total. The molecule has 3 N–H and O–H groups in total. The van der Waals surface area contributed by atoms with Gasteiger partial charge in [-0.3, -0.25) is 9.97 Å². The van der Waals surface area contributed by atoms with Crippen molar-refractivity contribution in [2.75, 3.05) is 30.0 Å². The zero-order valence-corrected chi connectivity index (χ0v) is 27.4. The molecule has 5 aromatic heterocycles. The van der Waals surface area contributed by atoms with Crippen LogP contribution in [0.5, 0.6) is 0 Å². The van der Waals surface area contributed by atoms with Gasteiger partial charge < -0.3 is 25.8 Å². The van der Waals surface area contributed by atoms with E-state index in [4.69, 9.17) is 20.1 Å². The molecular weight excluding hydrogens is 598 g/mol. The number of hydrogen-bond donors (Lipinski definition) is 3. The van der Waals surface area contributed by atoms with Crippen molar-refractivity contribution in [3.8, 4) is 5.69 Å². The minimum atomic E-state index is 0. The molecule has 4 saturated heterocycles. The third-order valence-electron chi connectivity index (χ3n) is 11.5. The molecule has 4 bridgehead atoms. The Kier molecular flexibility index (Phi) is 7.91. The molecular formula is C37H47N11. The van der Waals surface area contributed by atoms with Gasteiger partial charge in [0.1, 0.15) is 28.7 Å². The molecule has 0 spiro atoms. The zero-order valence-electron chi connectivity index (χ0n) is 27.4. The van der Waals surface area contributed by atoms with Gasteiger partial charge in [0, 0.05) is 77.2 Å². The molecule has 4 aliphatic rings. The van der Waals surface area contributed by atoms with E-state index in [0.29, 0.717) is 47.9 Å². The van der Waals surface area contributed by atoms with Crippen molar-refractivity contribution in [1.29, 1.82) is 0 Å². The summed E-state index contributed by atoms with van der Waals surface area (Å²) in [5.74, 6) is 3.21. The summed E-state index contributed by atoms with van der Waals surface area (Å²) in [5, 5.41) is 18.1. The fourth-order valence-electron chi connectivity index (χ4n) is 8.93. The predicted octanol–water partition coefficient (Wildman–Crippen LogP) is 6.52. The van der Waals surface area contributed by atoms with Crippen molar-refractivity contribution >= 4 is 45.1 Å². The summed E-state index contributed by atoms with van der Waals surface area (Å²) in [4.78, 5) is 24.7. The molecule has 11 heteroatoms. The standard InChI is InChI=1S/C36H43N11.CH4/c1-21-14-33(42-32-19-30-28(6-4-12-37-30)36(43-32)41-23-17-26-10-11-27(18-23)46(26)3)44-47(21)31-20-39-35(29-7-5-13-38-34(29)31)40-22-15-24-8-9-25(16-22)45(24)2;/h4-7,12-14,19-20,22-27H,8-11,15-18H2,1-3H3,(H,39,40)(H2,41,42,43,44);1H4/t22?,23?,24-,25+,26-,27+;. The van der Waals surface area contributed by atoms with Crippen LogP contribution >= 0.6 is 0 Å². The van der Waals surface area contributed by atoms with Crippen LogP contribution in [-0.4, -0.2) is 89.9 Å². The molecule has 0 aliphatic carbocycles. The van der Waals surface area contributed by atoms with Crippen molar-refractivity contribution < 1.29 is 0 Å². The van der Waals surface area contributed by atoms with Gasteiger partial charge in [-0.2, -0.15) is 0 Å². The third-order valence-corrected chi connectivity index (χ3v) is 11.5. The number of piperidine rings is 2. The van der Waals surface area contributed by atoms with Crippen LogP contribution in [0.1, 0.15) is 64.5 Å². The smallest absolute Gasteiger partial charge is 0.154 e. The van der Waals surface area contributed by atoms with Gasteiger partial charge in [0.25, 0.3) is 0 Å². The van der Waals surface area contributed by atoms with Gasteiger partial charge in [-0.25, -0.2) is 14.6 Å². The summed E-state index contributed by atoms with van der Waals surface area (Å²) in [6.45, 7) is 2.06. The molecule has 0 radical (unpaired) electrons. The van der Waals surface area contributed by atoms with Gasteiger partial charge in [-0.1, -0.05) is 7.43 Å². The molecule has 0 aromatic carbocycles. The molecule has 0 amide bonds. The highest BCUT2D eigenvalue weighted by Crippen LogP contribution is 2.38. The number of aryl methyl sites for hydroxylation is 1. The van der Waals surface area contributed by atoms with Crippen molar-refractivity contribution in [2.45, 2.75) is 102 Å². The van der Waals surface area contributed by atoms with E-state index in [0.717, 1.165) is 70.5 Å². The highest BCUT2D eigenvalue weighted by molar-refractivity contribution is 5.94. The monoisotopic (exact) mass is 645 g/mol. The van der Waals surface area contributed by atoms with Crippen LogP contribution in [0.25, 0.3) is 27.5 Å². The van der Waals surface area contributed by atoms with E-state index in [-0.39, 0.29) is 7.43 Å². The van der Waals surface area contributed by atoms with Crippen molar-refractivity contribution in [3.63, 3.8) is 0 Å². The molecule has 0 saturated carbocycles. The molecule has 2 unspecified atom stereocenters.